The van der Waals surface area contributed by atoms with E-state index in [1.54, 1.807) is 0 Å². The Morgan fingerprint density at radius 2 is 1.12 bits per heavy atom. The molecule has 0 fully saturated rings. The van der Waals surface area contributed by atoms with Crippen LogP contribution in [0.1, 0.15) is 5.50 Å². The highest BCUT2D eigenvalue weighted by Crippen LogP contribution is 2.56. The Hall–Kier alpha value is -6.53. The largest absolute Gasteiger partial charge is 0.344 e. The first kappa shape index (κ1) is 31.7. The van der Waals surface area contributed by atoms with E-state index in [4.69, 9.17) is 0 Å². The molecule has 1 aliphatic heterocycles. The average molecular weight is 764 g/mol. The van der Waals surface area contributed by atoms with Crippen molar-refractivity contribution in [1.82, 2.24) is 9.13 Å². The fourth-order valence-electron chi connectivity index (χ4n) is 9.87. The monoisotopic (exact) mass is 763 g/mol. The number of thioether (sulfide) groups is 1. The molecule has 3 nitrogen and oxygen atoms in total. The molecule has 13 rings (SSSR count). The summed E-state index contributed by atoms with van der Waals surface area (Å²) in [6, 6.07) is 65.2. The van der Waals surface area contributed by atoms with Crippen molar-refractivity contribution in [2.75, 3.05) is 11.9 Å². The minimum absolute atomic E-state index is 0.0302. The van der Waals surface area contributed by atoms with Crippen LogP contribution < -0.4 is 4.90 Å². The van der Waals surface area contributed by atoms with Crippen LogP contribution in [0.5, 0.6) is 0 Å². The summed E-state index contributed by atoms with van der Waals surface area (Å²) < 4.78 is 7.69. The Morgan fingerprint density at radius 1 is 0.456 bits per heavy atom. The van der Waals surface area contributed by atoms with Crippen LogP contribution in [0.4, 0.5) is 5.69 Å². The minimum Gasteiger partial charge on any atom is -0.344 e. The topological polar surface area (TPSA) is 13.1 Å². The summed E-state index contributed by atoms with van der Waals surface area (Å²) in [5, 5.41) is 13.0. The highest BCUT2D eigenvalue weighted by molar-refractivity contribution is 8.00. The van der Waals surface area contributed by atoms with Gasteiger partial charge in [-0.25, -0.2) is 0 Å². The number of nitrogens with zero attached hydrogens (tertiary/aromatic N) is 3. The summed E-state index contributed by atoms with van der Waals surface area (Å²) in [7, 11) is 2.30. The van der Waals surface area contributed by atoms with Gasteiger partial charge in [0, 0.05) is 64.9 Å². The number of aromatic nitrogens is 2. The third kappa shape index (κ3) is 4.33. The van der Waals surface area contributed by atoms with Gasteiger partial charge in [-0.05, 0) is 81.7 Å². The number of hydrogen-bond donors (Lipinski definition) is 0. The summed E-state index contributed by atoms with van der Waals surface area (Å²) in [6.45, 7) is 0. The van der Waals surface area contributed by atoms with Crippen LogP contribution in [-0.4, -0.2) is 16.2 Å². The number of rotatable bonds is 3. The summed E-state index contributed by atoms with van der Waals surface area (Å²) >= 11 is 3.89. The van der Waals surface area contributed by atoms with Gasteiger partial charge in [-0.15, -0.1) is 11.3 Å². The average Bonchev–Trinajstić information content (AvgIpc) is 4.00. The Labute approximate surface area is 336 Å². The maximum absolute atomic E-state index is 2.59. The van der Waals surface area contributed by atoms with Crippen LogP contribution in [0.15, 0.2) is 181 Å². The van der Waals surface area contributed by atoms with Crippen molar-refractivity contribution < 1.29 is 0 Å². The highest BCUT2D eigenvalue weighted by atomic mass is 32.2. The zero-order valence-electron chi connectivity index (χ0n) is 31.0. The molecule has 9 aromatic carbocycles. The van der Waals surface area contributed by atoms with E-state index >= 15 is 0 Å². The molecule has 0 saturated heterocycles. The lowest BCUT2D eigenvalue weighted by Gasteiger charge is -2.25. The molecule has 3 aromatic heterocycles. The molecule has 0 spiro atoms. The molecular weight excluding hydrogens is 731 g/mol. The molecule has 0 aliphatic carbocycles. The lowest BCUT2D eigenvalue weighted by Crippen LogP contribution is -2.22. The number of para-hydroxylation sites is 3. The molecule has 0 bridgehead atoms. The molecule has 1 atom stereocenters. The van der Waals surface area contributed by atoms with Gasteiger partial charge in [0.2, 0.25) is 0 Å². The van der Waals surface area contributed by atoms with E-state index in [-0.39, 0.29) is 5.50 Å². The second kappa shape index (κ2) is 11.7. The second-order valence-electron chi connectivity index (χ2n) is 15.3. The van der Waals surface area contributed by atoms with Crippen LogP contribution in [0.2, 0.25) is 0 Å². The Morgan fingerprint density at radius 3 is 1.96 bits per heavy atom. The van der Waals surface area contributed by atoms with E-state index in [1.165, 1.54) is 113 Å². The molecular formula is C52H33N3S2. The molecule has 0 amide bonds. The van der Waals surface area contributed by atoms with Gasteiger partial charge in [-0.2, -0.15) is 0 Å². The quantitative estimate of drug-likeness (QED) is 0.166. The van der Waals surface area contributed by atoms with Gasteiger partial charge in [0.25, 0.3) is 0 Å². The van der Waals surface area contributed by atoms with E-state index in [2.05, 4.69) is 197 Å². The van der Waals surface area contributed by atoms with Gasteiger partial charge in [0.1, 0.15) is 0 Å². The molecule has 57 heavy (non-hydrogen) atoms. The summed E-state index contributed by atoms with van der Waals surface area (Å²) in [5.74, 6) is 0. The Kier molecular flexibility index (Phi) is 6.52. The maximum Gasteiger partial charge on any atom is 0.159 e. The predicted molar refractivity (Wildman–Crippen MR) is 247 cm³/mol. The van der Waals surface area contributed by atoms with Gasteiger partial charge in [0.05, 0.1) is 27.8 Å². The van der Waals surface area contributed by atoms with Gasteiger partial charge in [-0.1, -0.05) is 133 Å². The Balaban J connectivity index is 1.03. The molecule has 1 aliphatic rings. The molecule has 5 heteroatoms. The van der Waals surface area contributed by atoms with Gasteiger partial charge < -0.3 is 14.0 Å². The first-order chi connectivity index (χ1) is 28.2. The molecule has 0 N–H and O–H groups in total. The number of hydrogen-bond acceptors (Lipinski definition) is 3. The molecule has 12 aromatic rings. The van der Waals surface area contributed by atoms with Crippen molar-refractivity contribution >= 4 is 114 Å². The molecule has 4 heterocycles. The summed E-state index contributed by atoms with van der Waals surface area (Å²) in [6.07, 6.45) is 0. The fourth-order valence-corrected chi connectivity index (χ4v) is 12.4. The van der Waals surface area contributed by atoms with Gasteiger partial charge >= 0.3 is 0 Å². The normalized spacial score (nSPS) is 14.5. The maximum atomic E-state index is 2.59. The third-order valence-corrected chi connectivity index (χ3v) is 14.8. The van der Waals surface area contributed by atoms with Crippen molar-refractivity contribution in [3.05, 3.63) is 176 Å². The SMILES string of the molecule is CN1c2c(ccc3sc4c(-c5cc6ccccc6c6ccccc56)cccc4c23)SC1n1c2ccccc2c2cc3c4ccccc4n(-c4ccccc4)c3cc21. The van der Waals surface area contributed by atoms with E-state index in [0.29, 0.717) is 0 Å². The van der Waals surface area contributed by atoms with E-state index < -0.39 is 0 Å². The summed E-state index contributed by atoms with van der Waals surface area (Å²) in [4.78, 5) is 3.86. The van der Waals surface area contributed by atoms with Crippen molar-refractivity contribution in [2.45, 2.75) is 10.4 Å². The molecule has 0 radical (unpaired) electrons. The number of fused-ring (bicyclic) bond motifs is 14. The van der Waals surface area contributed by atoms with E-state index in [0.717, 1.165) is 0 Å². The van der Waals surface area contributed by atoms with Gasteiger partial charge in [0.15, 0.2) is 5.50 Å². The van der Waals surface area contributed by atoms with Crippen LogP contribution in [0, 0.1) is 0 Å². The second-order valence-corrected chi connectivity index (χ2v) is 17.4. The van der Waals surface area contributed by atoms with Crippen molar-refractivity contribution in [3.8, 4) is 16.8 Å². The van der Waals surface area contributed by atoms with Gasteiger partial charge in [-0.3, -0.25) is 0 Å². The van der Waals surface area contributed by atoms with Crippen LogP contribution >= 0.6 is 23.1 Å². The van der Waals surface area contributed by atoms with Crippen LogP contribution in [0.3, 0.4) is 0 Å². The standard InChI is InChI=1S/C52H33N3S2/c1-53-50-48(27-26-47-49(50)39-23-13-22-38(51(39)56-47)40-28-31-14-5-6-17-33(31)34-18-7-8-19-35(34)40)57-52(53)55-44-25-12-10-21-37(44)42-29-41-36-20-9-11-24-43(36)54(45(41)30-46(42)55)32-15-3-2-4-16-32/h2-30,52H,1H3. The summed E-state index contributed by atoms with van der Waals surface area (Å²) in [5.41, 5.74) is 10.1. The number of anilines is 1. The first-order valence-corrected chi connectivity index (χ1v) is 21.2. The van der Waals surface area contributed by atoms with Crippen molar-refractivity contribution in [2.24, 2.45) is 0 Å². The molecule has 0 saturated carbocycles. The zero-order valence-corrected chi connectivity index (χ0v) is 32.6. The number of benzene rings is 9. The fraction of sp³-hybridized carbons (Fsp3) is 0.0385. The van der Waals surface area contributed by atoms with E-state index in [1.807, 2.05) is 23.1 Å². The third-order valence-electron chi connectivity index (χ3n) is 12.3. The lowest BCUT2D eigenvalue weighted by molar-refractivity contribution is 0.720. The van der Waals surface area contributed by atoms with E-state index in [9.17, 15) is 0 Å². The molecule has 268 valence electrons. The van der Waals surface area contributed by atoms with Crippen LogP contribution in [0.25, 0.3) is 102 Å². The lowest BCUT2D eigenvalue weighted by atomic mass is 9.92. The van der Waals surface area contributed by atoms with Crippen molar-refractivity contribution in [3.63, 3.8) is 0 Å². The number of thiophene rings is 1. The molecule has 1 unspecified atom stereocenters. The zero-order chi connectivity index (χ0) is 37.4. The highest BCUT2D eigenvalue weighted by Gasteiger charge is 2.34. The smallest absolute Gasteiger partial charge is 0.159 e. The van der Waals surface area contributed by atoms with Crippen molar-refractivity contribution in [1.29, 1.82) is 0 Å². The Bertz CT molecular complexity index is 3650. The predicted octanol–water partition coefficient (Wildman–Crippen LogP) is 14.9. The first-order valence-electron chi connectivity index (χ1n) is 19.5. The van der Waals surface area contributed by atoms with Crippen LogP contribution in [-0.2, 0) is 0 Å². The minimum atomic E-state index is 0.0302.